The Labute approximate surface area is 225 Å². The third-order valence-electron chi connectivity index (χ3n) is 5.98. The molecule has 2 heterocycles. The van der Waals surface area contributed by atoms with Crippen LogP contribution in [0.15, 0.2) is 23.2 Å². The number of nitro benzene ring substituents is 1. The van der Waals surface area contributed by atoms with E-state index in [-0.39, 0.29) is 21.1 Å². The van der Waals surface area contributed by atoms with Crippen molar-refractivity contribution in [3.8, 4) is 0 Å². The van der Waals surface area contributed by atoms with Crippen molar-refractivity contribution in [2.24, 2.45) is 12.0 Å². The van der Waals surface area contributed by atoms with Crippen LogP contribution < -0.4 is 10.1 Å². The third-order valence-corrected chi connectivity index (χ3v) is 9.67. The number of thiazole rings is 1. The molecule has 1 aromatic carbocycles. The van der Waals surface area contributed by atoms with Gasteiger partial charge in [0.1, 0.15) is 16.5 Å². The van der Waals surface area contributed by atoms with E-state index in [0.29, 0.717) is 16.6 Å². The highest BCUT2D eigenvalue weighted by molar-refractivity contribution is 7.92. The SMILES string of the molecule is COC(=O)c1c(NC(=O)CS(=O)(=O)CC(=O)N=c2sc3cc([N+](=O)[O-])ccc3n2C)sc2c1CCCCC2. The van der Waals surface area contributed by atoms with E-state index >= 15 is 0 Å². The van der Waals surface area contributed by atoms with Crippen LogP contribution in [0, 0.1) is 10.1 Å². The fourth-order valence-electron chi connectivity index (χ4n) is 4.23. The number of carbonyl (C=O) groups excluding carboxylic acids is 3. The summed E-state index contributed by atoms with van der Waals surface area (Å²) in [6.07, 6.45) is 4.31. The van der Waals surface area contributed by atoms with Gasteiger partial charge in [-0.25, -0.2) is 13.2 Å². The molecule has 0 unspecified atom stereocenters. The number of sulfone groups is 1. The number of hydrogen-bond donors (Lipinski definition) is 1. The molecule has 0 saturated carbocycles. The monoisotopic (exact) mass is 580 g/mol. The van der Waals surface area contributed by atoms with E-state index in [2.05, 4.69) is 10.3 Å². The highest BCUT2D eigenvalue weighted by Gasteiger charge is 2.28. The van der Waals surface area contributed by atoms with Gasteiger partial charge in [-0.3, -0.25) is 19.7 Å². The van der Waals surface area contributed by atoms with Crippen molar-refractivity contribution in [2.75, 3.05) is 23.9 Å². The Hall–Kier alpha value is -3.43. The van der Waals surface area contributed by atoms with Gasteiger partial charge in [0.25, 0.3) is 11.6 Å². The van der Waals surface area contributed by atoms with Gasteiger partial charge in [0.2, 0.25) is 5.91 Å². The number of esters is 1. The number of thiophene rings is 1. The zero-order chi connectivity index (χ0) is 27.6. The second-order valence-electron chi connectivity index (χ2n) is 8.70. The number of amides is 2. The van der Waals surface area contributed by atoms with Gasteiger partial charge in [0.15, 0.2) is 14.6 Å². The molecule has 0 fully saturated rings. The molecule has 1 N–H and O–H groups in total. The van der Waals surface area contributed by atoms with Gasteiger partial charge in [-0.1, -0.05) is 17.8 Å². The second-order valence-corrected chi connectivity index (χ2v) is 12.9. The van der Waals surface area contributed by atoms with Gasteiger partial charge in [0, 0.05) is 24.1 Å². The first-order chi connectivity index (χ1) is 18.0. The number of carbonyl (C=O) groups is 3. The Kier molecular flexibility index (Phi) is 8.08. The number of nitrogens with one attached hydrogen (secondary N) is 1. The van der Waals surface area contributed by atoms with Gasteiger partial charge in [-0.2, -0.15) is 4.99 Å². The molecular weight excluding hydrogens is 556 g/mol. The minimum atomic E-state index is -4.19. The summed E-state index contributed by atoms with van der Waals surface area (Å²) in [4.78, 5) is 53.0. The lowest BCUT2D eigenvalue weighted by Crippen LogP contribution is -2.28. The maximum atomic E-state index is 12.6. The van der Waals surface area contributed by atoms with Crippen molar-refractivity contribution in [1.29, 1.82) is 0 Å². The summed E-state index contributed by atoms with van der Waals surface area (Å²) < 4.78 is 32.2. The number of aryl methyl sites for hydroxylation is 2. The summed E-state index contributed by atoms with van der Waals surface area (Å²) in [6.45, 7) is 0. The number of hydrogen-bond acceptors (Lipinski definition) is 10. The number of nitrogens with zero attached hydrogens (tertiary/aromatic N) is 3. The first-order valence-corrected chi connectivity index (χ1v) is 15.0. The maximum absolute atomic E-state index is 12.6. The number of non-ortho nitro benzene ring substituents is 1. The van der Waals surface area contributed by atoms with Gasteiger partial charge in [0.05, 0.1) is 27.8 Å². The fraction of sp³-hybridized carbons (Fsp3) is 0.391. The number of rotatable bonds is 7. The Balaban J connectivity index is 1.49. The molecule has 0 aliphatic heterocycles. The van der Waals surface area contributed by atoms with Crippen LogP contribution in [0.3, 0.4) is 0 Å². The lowest BCUT2D eigenvalue weighted by Gasteiger charge is -2.07. The molecule has 15 heteroatoms. The minimum Gasteiger partial charge on any atom is -0.465 e. The van der Waals surface area contributed by atoms with Crippen LogP contribution in [0.5, 0.6) is 0 Å². The molecule has 1 aliphatic rings. The molecule has 0 spiro atoms. The van der Waals surface area contributed by atoms with Gasteiger partial charge < -0.3 is 14.6 Å². The summed E-state index contributed by atoms with van der Waals surface area (Å²) in [5.74, 6) is -4.42. The van der Waals surface area contributed by atoms with Crippen molar-refractivity contribution >= 4 is 71.2 Å². The molecule has 0 atom stereocenters. The quantitative estimate of drug-likeness (QED) is 0.193. The second kappa shape index (κ2) is 11.1. The van der Waals surface area contributed by atoms with E-state index < -0.39 is 44.0 Å². The summed E-state index contributed by atoms with van der Waals surface area (Å²) in [5, 5.41) is 13.8. The van der Waals surface area contributed by atoms with E-state index in [1.165, 1.54) is 41.2 Å². The minimum absolute atomic E-state index is 0.122. The lowest BCUT2D eigenvalue weighted by molar-refractivity contribution is -0.384. The molecule has 2 amide bonds. The van der Waals surface area contributed by atoms with Gasteiger partial charge in [-0.05, 0) is 37.3 Å². The molecular formula is C23H24N4O8S3. The topological polar surface area (TPSA) is 167 Å². The van der Waals surface area contributed by atoms with E-state index in [4.69, 9.17) is 4.74 Å². The van der Waals surface area contributed by atoms with Gasteiger partial charge >= 0.3 is 5.97 Å². The summed E-state index contributed by atoms with van der Waals surface area (Å²) >= 11 is 2.24. The zero-order valence-corrected chi connectivity index (χ0v) is 23.0. The molecule has 38 heavy (non-hydrogen) atoms. The van der Waals surface area contributed by atoms with Crippen molar-refractivity contribution in [1.82, 2.24) is 4.57 Å². The van der Waals surface area contributed by atoms with Crippen molar-refractivity contribution in [3.63, 3.8) is 0 Å². The van der Waals surface area contributed by atoms with Crippen LogP contribution in [-0.4, -0.2) is 54.3 Å². The third kappa shape index (κ3) is 6.00. The molecule has 1 aliphatic carbocycles. The lowest BCUT2D eigenvalue weighted by atomic mass is 10.1. The first kappa shape index (κ1) is 27.6. The average Bonchev–Trinajstić information content (AvgIpc) is 3.22. The van der Waals surface area contributed by atoms with Crippen LogP contribution in [0.1, 0.15) is 40.1 Å². The Morgan fingerprint density at radius 1 is 1.16 bits per heavy atom. The number of ether oxygens (including phenoxy) is 1. The van der Waals surface area contributed by atoms with Crippen molar-refractivity contribution in [3.05, 3.63) is 49.1 Å². The highest BCUT2D eigenvalue weighted by Crippen LogP contribution is 2.38. The summed E-state index contributed by atoms with van der Waals surface area (Å²) in [7, 11) is -1.35. The number of aromatic nitrogens is 1. The highest BCUT2D eigenvalue weighted by atomic mass is 32.2. The summed E-state index contributed by atoms with van der Waals surface area (Å²) in [5.41, 5.74) is 1.55. The van der Waals surface area contributed by atoms with Crippen LogP contribution in [0.25, 0.3) is 10.2 Å². The summed E-state index contributed by atoms with van der Waals surface area (Å²) in [6, 6.07) is 4.18. The van der Waals surface area contributed by atoms with Crippen LogP contribution >= 0.6 is 22.7 Å². The van der Waals surface area contributed by atoms with Crippen LogP contribution in [-0.2, 0) is 44.1 Å². The zero-order valence-electron chi connectivity index (χ0n) is 20.5. The Morgan fingerprint density at radius 3 is 2.61 bits per heavy atom. The van der Waals surface area contributed by atoms with E-state index in [1.54, 1.807) is 7.05 Å². The maximum Gasteiger partial charge on any atom is 0.341 e. The number of anilines is 1. The Bertz CT molecular complexity index is 1630. The molecule has 3 aromatic rings. The molecule has 0 bridgehead atoms. The number of methoxy groups -OCH3 is 1. The predicted molar refractivity (Wildman–Crippen MR) is 142 cm³/mol. The van der Waals surface area contributed by atoms with Crippen molar-refractivity contribution in [2.45, 2.75) is 32.1 Å². The standard InChI is InChI=1S/C23H24N4O8S3/c1-26-15-9-8-13(27(31)32)10-17(15)37-23(26)25-19(29)12-38(33,34)11-18(28)24-21-20(22(30)35-2)14-6-4-3-5-7-16(14)36-21/h8-10H,3-7,11-12H2,1-2H3,(H,24,28). The Morgan fingerprint density at radius 2 is 1.89 bits per heavy atom. The number of benzene rings is 1. The molecule has 4 rings (SSSR count). The van der Waals surface area contributed by atoms with Crippen molar-refractivity contribution < 1.29 is 32.5 Å². The molecule has 2 aromatic heterocycles. The molecule has 0 saturated heterocycles. The van der Waals surface area contributed by atoms with E-state index in [9.17, 15) is 32.9 Å². The first-order valence-electron chi connectivity index (χ1n) is 11.5. The average molecular weight is 581 g/mol. The smallest absolute Gasteiger partial charge is 0.341 e. The predicted octanol–water partition coefficient (Wildman–Crippen LogP) is 2.75. The molecule has 12 nitrogen and oxygen atoms in total. The van der Waals surface area contributed by atoms with E-state index in [0.717, 1.165) is 47.5 Å². The fourth-order valence-corrected chi connectivity index (χ4v) is 7.61. The number of fused-ring (bicyclic) bond motifs is 2. The largest absolute Gasteiger partial charge is 0.465 e. The van der Waals surface area contributed by atoms with Crippen LogP contribution in [0.2, 0.25) is 0 Å². The number of nitro groups is 1. The van der Waals surface area contributed by atoms with E-state index in [1.807, 2.05) is 0 Å². The van der Waals surface area contributed by atoms with Gasteiger partial charge in [-0.15, -0.1) is 11.3 Å². The molecule has 0 radical (unpaired) electrons. The molecule has 202 valence electrons. The normalized spacial score (nSPS) is 14.1. The van der Waals surface area contributed by atoms with Crippen LogP contribution in [0.4, 0.5) is 10.7 Å².